The second kappa shape index (κ2) is 8.77. The van der Waals surface area contributed by atoms with E-state index in [0.29, 0.717) is 13.1 Å². The van der Waals surface area contributed by atoms with Crippen molar-refractivity contribution in [2.75, 3.05) is 19.7 Å². The molecule has 0 atom stereocenters. The summed E-state index contributed by atoms with van der Waals surface area (Å²) in [5.74, 6) is -1.13. The van der Waals surface area contributed by atoms with Crippen LogP contribution < -0.4 is 0 Å². The van der Waals surface area contributed by atoms with Crippen molar-refractivity contribution in [3.05, 3.63) is 42.0 Å². The SMILES string of the molecule is C=C(C)CN(CC)C(=O)COC(=O)c1ccc(SC(F)(F)F)cc1. The first-order valence-corrected chi connectivity index (χ1v) is 7.89. The van der Waals surface area contributed by atoms with Gasteiger partial charge in [0.25, 0.3) is 5.91 Å². The van der Waals surface area contributed by atoms with Crippen molar-refractivity contribution >= 4 is 23.6 Å². The fourth-order valence-corrected chi connectivity index (χ4v) is 2.34. The van der Waals surface area contributed by atoms with Gasteiger partial charge in [0.05, 0.1) is 5.56 Å². The molecule has 0 saturated heterocycles. The fraction of sp³-hybridized carbons (Fsp3) is 0.375. The fourth-order valence-electron chi connectivity index (χ4n) is 1.80. The van der Waals surface area contributed by atoms with Gasteiger partial charge in [-0.25, -0.2) is 4.79 Å². The summed E-state index contributed by atoms with van der Waals surface area (Å²) in [5.41, 5.74) is -3.51. The van der Waals surface area contributed by atoms with Gasteiger partial charge in [-0.05, 0) is 49.9 Å². The third kappa shape index (κ3) is 7.08. The molecule has 0 bridgehead atoms. The van der Waals surface area contributed by atoms with E-state index in [0.717, 1.165) is 5.57 Å². The average molecular weight is 361 g/mol. The van der Waals surface area contributed by atoms with E-state index in [2.05, 4.69) is 6.58 Å². The van der Waals surface area contributed by atoms with E-state index in [1.807, 2.05) is 0 Å². The Balaban J connectivity index is 2.59. The predicted octanol–water partition coefficient (Wildman–Crippen LogP) is 3.88. The van der Waals surface area contributed by atoms with Gasteiger partial charge in [0.1, 0.15) is 0 Å². The predicted molar refractivity (Wildman–Crippen MR) is 85.7 cm³/mol. The molecular weight excluding hydrogens is 343 g/mol. The van der Waals surface area contributed by atoms with Gasteiger partial charge in [0, 0.05) is 18.0 Å². The minimum Gasteiger partial charge on any atom is -0.452 e. The van der Waals surface area contributed by atoms with Crippen LogP contribution in [0.3, 0.4) is 0 Å². The van der Waals surface area contributed by atoms with Gasteiger partial charge in [-0.15, -0.1) is 0 Å². The molecule has 0 aromatic heterocycles. The number of halogens is 3. The summed E-state index contributed by atoms with van der Waals surface area (Å²) >= 11 is -0.269. The topological polar surface area (TPSA) is 46.6 Å². The van der Waals surface area contributed by atoms with Gasteiger partial charge in [-0.3, -0.25) is 4.79 Å². The minimum absolute atomic E-state index is 0.0336. The smallest absolute Gasteiger partial charge is 0.446 e. The summed E-state index contributed by atoms with van der Waals surface area (Å²) in [7, 11) is 0. The lowest BCUT2D eigenvalue weighted by atomic mass is 10.2. The van der Waals surface area contributed by atoms with Crippen molar-refractivity contribution in [2.24, 2.45) is 0 Å². The van der Waals surface area contributed by atoms with E-state index in [4.69, 9.17) is 4.74 Å². The number of carbonyl (C=O) groups is 2. The zero-order valence-corrected chi connectivity index (χ0v) is 14.2. The average Bonchev–Trinajstić information content (AvgIpc) is 2.48. The van der Waals surface area contributed by atoms with Crippen LogP contribution in [0, 0.1) is 0 Å². The van der Waals surface area contributed by atoms with Crippen molar-refractivity contribution in [3.8, 4) is 0 Å². The molecule has 0 aliphatic heterocycles. The quantitative estimate of drug-likeness (QED) is 0.420. The molecule has 1 rings (SSSR count). The number of likely N-dealkylation sites (N-methyl/N-ethyl adjacent to an activating group) is 1. The van der Waals surface area contributed by atoms with Crippen molar-refractivity contribution < 1.29 is 27.5 Å². The van der Waals surface area contributed by atoms with E-state index in [-0.39, 0.29) is 28.1 Å². The zero-order valence-electron chi connectivity index (χ0n) is 13.4. The highest BCUT2D eigenvalue weighted by Gasteiger charge is 2.29. The maximum absolute atomic E-state index is 12.2. The lowest BCUT2D eigenvalue weighted by Crippen LogP contribution is -2.35. The highest BCUT2D eigenvalue weighted by atomic mass is 32.2. The molecule has 24 heavy (non-hydrogen) atoms. The molecule has 1 aromatic rings. The third-order valence-electron chi connectivity index (χ3n) is 2.85. The molecule has 1 aromatic carbocycles. The lowest BCUT2D eigenvalue weighted by molar-refractivity contribution is -0.133. The lowest BCUT2D eigenvalue weighted by Gasteiger charge is -2.20. The van der Waals surface area contributed by atoms with Crippen molar-refractivity contribution in [1.82, 2.24) is 4.90 Å². The largest absolute Gasteiger partial charge is 0.452 e. The van der Waals surface area contributed by atoms with Gasteiger partial charge < -0.3 is 9.64 Å². The van der Waals surface area contributed by atoms with E-state index >= 15 is 0 Å². The maximum atomic E-state index is 12.2. The van der Waals surface area contributed by atoms with Crippen LogP contribution in [0.5, 0.6) is 0 Å². The number of benzene rings is 1. The highest BCUT2D eigenvalue weighted by molar-refractivity contribution is 8.00. The van der Waals surface area contributed by atoms with Crippen molar-refractivity contribution in [3.63, 3.8) is 0 Å². The first-order chi connectivity index (χ1) is 11.1. The Morgan fingerprint density at radius 1 is 1.25 bits per heavy atom. The number of hydrogen-bond acceptors (Lipinski definition) is 4. The summed E-state index contributed by atoms with van der Waals surface area (Å²) in [6.07, 6.45) is 0. The Morgan fingerprint density at radius 2 is 1.83 bits per heavy atom. The molecule has 4 nitrogen and oxygen atoms in total. The van der Waals surface area contributed by atoms with E-state index in [9.17, 15) is 22.8 Å². The van der Waals surface area contributed by atoms with Crippen LogP contribution in [-0.4, -0.2) is 42.0 Å². The van der Waals surface area contributed by atoms with E-state index < -0.39 is 18.1 Å². The van der Waals surface area contributed by atoms with Gasteiger partial charge >= 0.3 is 11.5 Å². The van der Waals surface area contributed by atoms with Crippen LogP contribution in [0.25, 0.3) is 0 Å². The Labute approximate surface area is 142 Å². The van der Waals surface area contributed by atoms with Crippen LogP contribution in [0.2, 0.25) is 0 Å². The van der Waals surface area contributed by atoms with Crippen LogP contribution in [0.15, 0.2) is 41.3 Å². The number of ether oxygens (including phenoxy) is 1. The van der Waals surface area contributed by atoms with Crippen molar-refractivity contribution in [1.29, 1.82) is 0 Å². The zero-order chi connectivity index (χ0) is 18.3. The summed E-state index contributed by atoms with van der Waals surface area (Å²) in [6.45, 7) is 7.68. The van der Waals surface area contributed by atoms with Crippen LogP contribution >= 0.6 is 11.8 Å². The molecular formula is C16H18F3NO3S. The van der Waals surface area contributed by atoms with Crippen LogP contribution in [0.1, 0.15) is 24.2 Å². The molecule has 0 saturated carbocycles. The molecule has 132 valence electrons. The highest BCUT2D eigenvalue weighted by Crippen LogP contribution is 2.36. The molecule has 0 radical (unpaired) electrons. The Morgan fingerprint density at radius 3 is 2.29 bits per heavy atom. The van der Waals surface area contributed by atoms with Gasteiger partial charge in [0.15, 0.2) is 6.61 Å². The van der Waals surface area contributed by atoms with Gasteiger partial charge in [-0.1, -0.05) is 12.2 Å². The summed E-state index contributed by atoms with van der Waals surface area (Å²) < 4.78 is 41.6. The summed E-state index contributed by atoms with van der Waals surface area (Å²) in [5, 5.41) is 0. The molecule has 0 heterocycles. The molecule has 0 spiro atoms. The number of carbonyl (C=O) groups excluding carboxylic acids is 2. The molecule has 0 aliphatic carbocycles. The monoisotopic (exact) mass is 361 g/mol. The molecule has 0 unspecified atom stereocenters. The number of alkyl halides is 3. The van der Waals surface area contributed by atoms with Crippen LogP contribution in [-0.2, 0) is 9.53 Å². The number of rotatable bonds is 7. The van der Waals surface area contributed by atoms with E-state index in [1.165, 1.54) is 29.2 Å². The number of hydrogen-bond donors (Lipinski definition) is 0. The van der Waals surface area contributed by atoms with Crippen molar-refractivity contribution in [2.45, 2.75) is 24.3 Å². The first kappa shape index (κ1) is 20.1. The third-order valence-corrected chi connectivity index (χ3v) is 3.58. The standard InChI is InChI=1S/C16H18F3NO3S/c1-4-20(9-11(2)3)14(21)10-23-15(22)12-5-7-13(8-6-12)24-16(17,18)19/h5-8H,2,4,9-10H2,1,3H3. The minimum atomic E-state index is -4.39. The molecule has 0 aliphatic rings. The first-order valence-electron chi connectivity index (χ1n) is 7.07. The van der Waals surface area contributed by atoms with Crippen LogP contribution in [0.4, 0.5) is 13.2 Å². The second-order valence-corrected chi connectivity index (χ2v) is 6.15. The van der Waals surface area contributed by atoms with Gasteiger partial charge in [-0.2, -0.15) is 13.2 Å². The molecule has 8 heteroatoms. The number of nitrogens with zero attached hydrogens (tertiary/aromatic N) is 1. The Kier molecular flexibility index (Phi) is 7.34. The Hall–Kier alpha value is -1.96. The summed E-state index contributed by atoms with van der Waals surface area (Å²) in [4.78, 5) is 25.2. The van der Waals surface area contributed by atoms with Gasteiger partial charge in [0.2, 0.25) is 0 Å². The molecule has 1 amide bonds. The molecule has 0 fully saturated rings. The maximum Gasteiger partial charge on any atom is 0.446 e. The summed E-state index contributed by atoms with van der Waals surface area (Å²) in [6, 6.07) is 4.81. The van der Waals surface area contributed by atoms with E-state index in [1.54, 1.807) is 13.8 Å². The number of amides is 1. The normalized spacial score (nSPS) is 11.0. The number of thioether (sulfide) groups is 1. The Bertz CT molecular complexity index is 600. The molecule has 0 N–H and O–H groups in total. The number of esters is 1. The second-order valence-electron chi connectivity index (χ2n) is 5.01.